The van der Waals surface area contributed by atoms with Crippen LogP contribution in [0, 0.1) is 5.82 Å². The molecule has 3 aromatic rings. The molecule has 28 heavy (non-hydrogen) atoms. The monoisotopic (exact) mass is 386 g/mol. The molecule has 1 unspecified atom stereocenters. The first-order valence-corrected chi connectivity index (χ1v) is 9.01. The Kier molecular flexibility index (Phi) is 5.11. The fourth-order valence-corrected chi connectivity index (χ4v) is 3.14. The van der Waals surface area contributed by atoms with Gasteiger partial charge in [-0.15, -0.1) is 0 Å². The van der Waals surface area contributed by atoms with Crippen LogP contribution in [-0.2, 0) is 17.9 Å². The number of hydrogen-bond donors (Lipinski definition) is 1. The first-order chi connectivity index (χ1) is 13.6. The van der Waals surface area contributed by atoms with E-state index in [2.05, 4.69) is 20.2 Å². The summed E-state index contributed by atoms with van der Waals surface area (Å²) in [7, 11) is 0. The van der Waals surface area contributed by atoms with Crippen LogP contribution < -0.4 is 0 Å². The molecule has 146 valence electrons. The van der Waals surface area contributed by atoms with E-state index in [0.717, 1.165) is 12.8 Å². The van der Waals surface area contributed by atoms with E-state index in [-0.39, 0.29) is 30.7 Å². The summed E-state index contributed by atoms with van der Waals surface area (Å²) in [6.45, 7) is 0.915. The van der Waals surface area contributed by atoms with Crippen LogP contribution in [-0.4, -0.2) is 53.5 Å². The summed E-state index contributed by atoms with van der Waals surface area (Å²) in [6, 6.07) is 4.67. The second-order valence-corrected chi connectivity index (χ2v) is 6.68. The predicted octanol–water partition coefficient (Wildman–Crippen LogP) is 1.39. The number of aliphatic hydroxyl groups excluding tert-OH is 1. The van der Waals surface area contributed by atoms with E-state index >= 15 is 0 Å². The molecular weight excluding hydrogens is 367 g/mol. The van der Waals surface area contributed by atoms with Crippen LogP contribution in [0.5, 0.6) is 0 Å². The largest absolute Gasteiger partial charge is 0.383 e. The average molecular weight is 386 g/mol. The van der Waals surface area contributed by atoms with E-state index < -0.39 is 11.9 Å². The van der Waals surface area contributed by atoms with E-state index in [9.17, 15) is 14.3 Å². The van der Waals surface area contributed by atoms with E-state index in [4.69, 9.17) is 4.52 Å². The van der Waals surface area contributed by atoms with Crippen LogP contribution in [0.4, 0.5) is 4.39 Å². The van der Waals surface area contributed by atoms with Crippen molar-refractivity contribution in [1.82, 2.24) is 29.8 Å². The number of benzene rings is 1. The van der Waals surface area contributed by atoms with Gasteiger partial charge in [-0.1, -0.05) is 17.3 Å². The Balaban J connectivity index is 1.48. The van der Waals surface area contributed by atoms with E-state index in [0.29, 0.717) is 24.1 Å². The fraction of sp³-hybridized carbons (Fsp3) is 0.389. The normalized spacial score (nSPS) is 17.7. The van der Waals surface area contributed by atoms with Crippen molar-refractivity contribution in [1.29, 1.82) is 0 Å². The Morgan fingerprint density at radius 3 is 2.96 bits per heavy atom. The standard InChI is InChI=1S/C18H19FN6O3/c19-14-7-12(4-5-13(14)8-25-11-20-10-21-25)17-22-16(28-23-17)9-24-6-2-1-3-15(26)18(24)27/h4-5,7,10-11,15,26H,1-3,6,8-9H2. The van der Waals surface area contributed by atoms with Crippen LogP contribution in [0.2, 0.25) is 0 Å². The minimum atomic E-state index is -0.989. The number of likely N-dealkylation sites (tertiary alicyclic amines) is 1. The summed E-state index contributed by atoms with van der Waals surface area (Å²) in [5, 5.41) is 17.7. The van der Waals surface area contributed by atoms with Crippen LogP contribution in [0.3, 0.4) is 0 Å². The molecule has 1 aliphatic rings. The van der Waals surface area contributed by atoms with Crippen molar-refractivity contribution < 1.29 is 18.8 Å². The van der Waals surface area contributed by atoms with Crippen molar-refractivity contribution in [3.63, 3.8) is 0 Å². The van der Waals surface area contributed by atoms with Gasteiger partial charge in [0.05, 0.1) is 6.54 Å². The Bertz CT molecular complexity index is 958. The molecule has 0 radical (unpaired) electrons. The topological polar surface area (TPSA) is 110 Å². The number of aromatic nitrogens is 5. The minimum absolute atomic E-state index is 0.121. The van der Waals surface area contributed by atoms with Gasteiger partial charge in [-0.3, -0.25) is 4.79 Å². The van der Waals surface area contributed by atoms with Crippen LogP contribution in [0.15, 0.2) is 35.4 Å². The van der Waals surface area contributed by atoms with E-state index in [1.165, 1.54) is 28.3 Å². The van der Waals surface area contributed by atoms with Crippen molar-refractivity contribution in [2.75, 3.05) is 6.54 Å². The molecule has 10 heteroatoms. The molecule has 0 aliphatic carbocycles. The van der Waals surface area contributed by atoms with Crippen molar-refractivity contribution in [2.45, 2.75) is 38.5 Å². The van der Waals surface area contributed by atoms with Crippen LogP contribution in [0.1, 0.15) is 30.7 Å². The molecule has 1 aromatic carbocycles. The second kappa shape index (κ2) is 7.85. The molecule has 1 amide bonds. The van der Waals surface area contributed by atoms with Crippen LogP contribution >= 0.6 is 0 Å². The molecule has 1 atom stereocenters. The zero-order chi connectivity index (χ0) is 19.5. The second-order valence-electron chi connectivity index (χ2n) is 6.68. The SMILES string of the molecule is O=C1C(O)CCCCN1Cc1nc(-c2ccc(Cn3cncn3)c(F)c2)no1. The maximum Gasteiger partial charge on any atom is 0.251 e. The molecule has 9 nitrogen and oxygen atoms in total. The van der Waals surface area contributed by atoms with E-state index in [1.54, 1.807) is 12.1 Å². The maximum absolute atomic E-state index is 14.4. The summed E-state index contributed by atoms with van der Waals surface area (Å²) in [4.78, 5) is 21.8. The Hall–Kier alpha value is -3.14. The smallest absolute Gasteiger partial charge is 0.251 e. The minimum Gasteiger partial charge on any atom is -0.383 e. The molecular formula is C18H19FN6O3. The van der Waals surface area contributed by atoms with Gasteiger partial charge in [0.15, 0.2) is 0 Å². The number of amides is 1. The first-order valence-electron chi connectivity index (χ1n) is 9.01. The quantitative estimate of drug-likeness (QED) is 0.705. The molecule has 4 rings (SSSR count). The summed E-state index contributed by atoms with van der Waals surface area (Å²) in [6.07, 6.45) is 3.98. The Morgan fingerprint density at radius 2 is 2.18 bits per heavy atom. The highest BCUT2D eigenvalue weighted by Crippen LogP contribution is 2.21. The van der Waals surface area contributed by atoms with E-state index in [1.807, 2.05) is 0 Å². The number of hydrogen-bond acceptors (Lipinski definition) is 7. The predicted molar refractivity (Wildman–Crippen MR) is 94.1 cm³/mol. The van der Waals surface area contributed by atoms with Gasteiger partial charge in [0, 0.05) is 17.7 Å². The highest BCUT2D eigenvalue weighted by Gasteiger charge is 2.26. The van der Waals surface area contributed by atoms with Gasteiger partial charge in [-0.25, -0.2) is 14.1 Å². The highest BCUT2D eigenvalue weighted by molar-refractivity contribution is 5.80. The van der Waals surface area contributed by atoms with Crippen molar-refractivity contribution in [3.05, 3.63) is 48.1 Å². The average Bonchev–Trinajstić information content (AvgIpc) is 3.34. The van der Waals surface area contributed by atoms with Gasteiger partial charge in [-0.05, 0) is 25.3 Å². The lowest BCUT2D eigenvalue weighted by atomic mass is 10.1. The lowest BCUT2D eigenvalue weighted by Gasteiger charge is -2.19. The third kappa shape index (κ3) is 3.91. The maximum atomic E-state index is 14.4. The molecule has 0 bridgehead atoms. The van der Waals surface area contributed by atoms with Gasteiger partial charge in [-0.2, -0.15) is 10.1 Å². The highest BCUT2D eigenvalue weighted by atomic mass is 19.1. The van der Waals surface area contributed by atoms with Gasteiger partial charge in [0.2, 0.25) is 11.7 Å². The first kappa shape index (κ1) is 18.2. The molecule has 1 aliphatic heterocycles. The Morgan fingerprint density at radius 1 is 1.29 bits per heavy atom. The number of halogens is 1. The summed E-state index contributed by atoms with van der Waals surface area (Å²) < 4.78 is 21.2. The summed E-state index contributed by atoms with van der Waals surface area (Å²) in [5.74, 6) is -0.264. The van der Waals surface area contributed by atoms with Crippen molar-refractivity contribution >= 4 is 5.91 Å². The molecule has 2 aromatic heterocycles. The lowest BCUT2D eigenvalue weighted by molar-refractivity contribution is -0.140. The number of aliphatic hydroxyl groups is 1. The molecule has 1 N–H and O–H groups in total. The van der Waals surface area contributed by atoms with Gasteiger partial charge < -0.3 is 14.5 Å². The fourth-order valence-electron chi connectivity index (χ4n) is 3.14. The lowest BCUT2D eigenvalue weighted by Crippen LogP contribution is -2.37. The summed E-state index contributed by atoms with van der Waals surface area (Å²) >= 11 is 0. The third-order valence-corrected chi connectivity index (χ3v) is 4.66. The van der Waals surface area contributed by atoms with Gasteiger partial charge >= 0.3 is 0 Å². The number of rotatable bonds is 5. The van der Waals surface area contributed by atoms with Crippen LogP contribution in [0.25, 0.3) is 11.4 Å². The zero-order valence-corrected chi connectivity index (χ0v) is 15.0. The number of nitrogens with zero attached hydrogens (tertiary/aromatic N) is 6. The van der Waals surface area contributed by atoms with Gasteiger partial charge in [0.1, 0.15) is 31.1 Å². The Labute approximate surface area is 159 Å². The third-order valence-electron chi connectivity index (χ3n) is 4.66. The summed E-state index contributed by atoms with van der Waals surface area (Å²) in [5.41, 5.74) is 0.930. The number of carbonyl (C=O) groups is 1. The molecule has 0 saturated carbocycles. The molecule has 1 saturated heterocycles. The molecule has 0 spiro atoms. The van der Waals surface area contributed by atoms with Crippen molar-refractivity contribution in [2.24, 2.45) is 0 Å². The van der Waals surface area contributed by atoms with Crippen molar-refractivity contribution in [3.8, 4) is 11.4 Å². The zero-order valence-electron chi connectivity index (χ0n) is 15.0. The molecule has 1 fully saturated rings. The number of carbonyl (C=O) groups excluding carboxylic acids is 1. The molecule has 3 heterocycles. The van der Waals surface area contributed by atoms with Gasteiger partial charge in [0.25, 0.3) is 5.91 Å².